The number of nitrogens with one attached hydrogen (secondary N) is 1. The lowest BCUT2D eigenvalue weighted by molar-refractivity contribution is 0.309. The van der Waals surface area contributed by atoms with Crippen LogP contribution in [0.2, 0.25) is 0 Å². The molecule has 1 aliphatic rings. The van der Waals surface area contributed by atoms with Crippen LogP contribution in [-0.2, 0) is 22.3 Å². The van der Waals surface area contributed by atoms with Crippen molar-refractivity contribution < 1.29 is 8.42 Å². The highest BCUT2D eigenvalue weighted by Gasteiger charge is 2.31. The van der Waals surface area contributed by atoms with Gasteiger partial charge in [-0.2, -0.15) is 0 Å². The van der Waals surface area contributed by atoms with Crippen molar-refractivity contribution in [2.75, 3.05) is 13.1 Å². The lowest BCUT2D eigenvalue weighted by Crippen LogP contribution is -2.40. The molecule has 2 aromatic carbocycles. The van der Waals surface area contributed by atoms with Crippen molar-refractivity contribution in [2.24, 2.45) is 0 Å². The molecular weight excluding hydrogens is 452 g/mol. The van der Waals surface area contributed by atoms with E-state index in [1.807, 2.05) is 61.5 Å². The van der Waals surface area contributed by atoms with Crippen LogP contribution in [0.5, 0.6) is 0 Å². The SMILES string of the molecule is Cc1ccc(Cn2nnc3c(=O)[nH]c([C@@H]4CCCN(S(=O)(=O)Cc5ccccc5)C4)nc32)cc1. The fourth-order valence-corrected chi connectivity index (χ4v) is 5.95. The molecule has 0 unspecified atom stereocenters. The smallest absolute Gasteiger partial charge is 0.281 e. The number of benzene rings is 2. The van der Waals surface area contributed by atoms with E-state index in [9.17, 15) is 13.2 Å². The molecule has 1 N–H and O–H groups in total. The van der Waals surface area contributed by atoms with E-state index in [1.54, 1.807) is 4.68 Å². The number of sulfonamides is 1. The molecule has 1 saturated heterocycles. The van der Waals surface area contributed by atoms with Gasteiger partial charge in [-0.1, -0.05) is 65.4 Å². The highest BCUT2D eigenvalue weighted by atomic mass is 32.2. The number of aromatic nitrogens is 5. The maximum absolute atomic E-state index is 13.1. The Morgan fingerprint density at radius 1 is 1.06 bits per heavy atom. The van der Waals surface area contributed by atoms with E-state index in [0.717, 1.165) is 23.1 Å². The number of hydrogen-bond acceptors (Lipinski definition) is 6. The Kier molecular flexibility index (Phi) is 6.01. The number of aromatic amines is 1. The summed E-state index contributed by atoms with van der Waals surface area (Å²) >= 11 is 0. The summed E-state index contributed by atoms with van der Waals surface area (Å²) in [5, 5.41) is 8.16. The molecule has 0 radical (unpaired) electrons. The van der Waals surface area contributed by atoms with Crippen molar-refractivity contribution in [3.05, 3.63) is 87.5 Å². The van der Waals surface area contributed by atoms with Crippen molar-refractivity contribution in [1.29, 1.82) is 0 Å². The summed E-state index contributed by atoms with van der Waals surface area (Å²) in [6.07, 6.45) is 1.44. The Labute approximate surface area is 197 Å². The molecule has 5 rings (SSSR count). The van der Waals surface area contributed by atoms with E-state index in [2.05, 4.69) is 15.3 Å². The standard InChI is InChI=1S/C24H26N6O3S/c1-17-9-11-18(12-10-17)14-30-23-21(27-28-30)24(31)26-22(25-23)20-8-5-13-29(15-20)34(32,33)16-19-6-3-2-4-7-19/h2-4,6-7,9-12,20H,5,8,13-16H2,1H3,(H,25,26,31)/t20-/m1/s1. The monoisotopic (exact) mass is 478 g/mol. The molecule has 9 nitrogen and oxygen atoms in total. The average Bonchev–Trinajstić information content (AvgIpc) is 3.24. The lowest BCUT2D eigenvalue weighted by Gasteiger charge is -2.31. The largest absolute Gasteiger partial charge is 0.308 e. The lowest BCUT2D eigenvalue weighted by atomic mass is 9.99. The van der Waals surface area contributed by atoms with E-state index in [-0.39, 0.29) is 29.3 Å². The number of nitrogens with zero attached hydrogens (tertiary/aromatic N) is 5. The maximum Gasteiger partial charge on any atom is 0.281 e. The first kappa shape index (κ1) is 22.4. The third-order valence-corrected chi connectivity index (χ3v) is 8.02. The summed E-state index contributed by atoms with van der Waals surface area (Å²) in [7, 11) is -3.49. The van der Waals surface area contributed by atoms with Gasteiger partial charge in [-0.05, 0) is 30.9 Å². The second-order valence-electron chi connectivity index (χ2n) is 8.80. The summed E-state index contributed by atoms with van der Waals surface area (Å²) < 4.78 is 29.3. The topological polar surface area (TPSA) is 114 Å². The van der Waals surface area contributed by atoms with E-state index in [1.165, 1.54) is 4.31 Å². The molecule has 0 bridgehead atoms. The predicted octanol–water partition coefficient (Wildman–Crippen LogP) is 2.58. The fourth-order valence-electron chi connectivity index (χ4n) is 4.34. The minimum atomic E-state index is -3.49. The van der Waals surface area contributed by atoms with E-state index in [4.69, 9.17) is 4.98 Å². The van der Waals surface area contributed by atoms with Crippen molar-refractivity contribution in [2.45, 2.75) is 38.0 Å². The Morgan fingerprint density at radius 2 is 1.82 bits per heavy atom. The minimum Gasteiger partial charge on any atom is -0.308 e. The normalized spacial score (nSPS) is 17.3. The van der Waals surface area contributed by atoms with Gasteiger partial charge in [0.1, 0.15) is 5.82 Å². The number of hydrogen-bond donors (Lipinski definition) is 1. The molecule has 10 heteroatoms. The number of piperidine rings is 1. The molecular formula is C24H26N6O3S. The van der Waals surface area contributed by atoms with Crippen LogP contribution in [0.1, 0.15) is 41.3 Å². The van der Waals surface area contributed by atoms with Gasteiger partial charge in [0.05, 0.1) is 12.3 Å². The van der Waals surface area contributed by atoms with Crippen molar-refractivity contribution in [3.63, 3.8) is 0 Å². The molecule has 1 atom stereocenters. The summed E-state index contributed by atoms with van der Waals surface area (Å²) in [6, 6.07) is 17.2. The second kappa shape index (κ2) is 9.11. The molecule has 0 spiro atoms. The molecule has 0 aliphatic carbocycles. The van der Waals surface area contributed by atoms with E-state index < -0.39 is 10.0 Å². The van der Waals surface area contributed by atoms with Gasteiger partial charge in [0.15, 0.2) is 11.2 Å². The van der Waals surface area contributed by atoms with Crippen LogP contribution >= 0.6 is 0 Å². The van der Waals surface area contributed by atoms with Gasteiger partial charge >= 0.3 is 0 Å². The quantitative estimate of drug-likeness (QED) is 0.456. The molecule has 2 aromatic heterocycles. The molecule has 0 saturated carbocycles. The van der Waals surface area contributed by atoms with Gasteiger partial charge in [0.25, 0.3) is 5.56 Å². The van der Waals surface area contributed by atoms with Crippen LogP contribution in [0.3, 0.4) is 0 Å². The number of fused-ring (bicyclic) bond motifs is 1. The third kappa shape index (κ3) is 4.64. The van der Waals surface area contributed by atoms with Gasteiger partial charge in [0, 0.05) is 19.0 Å². The van der Waals surface area contributed by atoms with Crippen LogP contribution in [0, 0.1) is 6.92 Å². The molecule has 1 fully saturated rings. The van der Waals surface area contributed by atoms with Crippen LogP contribution < -0.4 is 5.56 Å². The number of aryl methyl sites for hydroxylation is 1. The summed E-state index contributed by atoms with van der Waals surface area (Å²) in [4.78, 5) is 20.2. The van der Waals surface area contributed by atoms with Gasteiger partial charge < -0.3 is 4.98 Å². The first-order chi connectivity index (χ1) is 16.4. The predicted molar refractivity (Wildman–Crippen MR) is 129 cm³/mol. The number of rotatable bonds is 6. The molecule has 0 amide bonds. The van der Waals surface area contributed by atoms with Crippen LogP contribution in [0.25, 0.3) is 11.2 Å². The van der Waals surface area contributed by atoms with Crippen LogP contribution in [0.15, 0.2) is 59.4 Å². The van der Waals surface area contributed by atoms with Gasteiger partial charge in [-0.3, -0.25) is 4.79 Å². The third-order valence-electron chi connectivity index (χ3n) is 6.20. The molecule has 176 valence electrons. The molecule has 4 aromatic rings. The van der Waals surface area contributed by atoms with Crippen molar-refractivity contribution >= 4 is 21.2 Å². The molecule has 34 heavy (non-hydrogen) atoms. The first-order valence-corrected chi connectivity index (χ1v) is 12.9. The Morgan fingerprint density at radius 3 is 2.59 bits per heavy atom. The van der Waals surface area contributed by atoms with E-state index >= 15 is 0 Å². The van der Waals surface area contributed by atoms with Crippen molar-refractivity contribution in [1.82, 2.24) is 29.3 Å². The fraction of sp³-hybridized carbons (Fsp3) is 0.333. The molecule has 1 aliphatic heterocycles. The molecule has 3 heterocycles. The Bertz CT molecular complexity index is 1460. The van der Waals surface area contributed by atoms with E-state index in [0.29, 0.717) is 31.0 Å². The zero-order valence-electron chi connectivity index (χ0n) is 18.9. The minimum absolute atomic E-state index is 0.0449. The Hall–Kier alpha value is -3.37. The van der Waals surface area contributed by atoms with Crippen LogP contribution in [0.4, 0.5) is 0 Å². The first-order valence-electron chi connectivity index (χ1n) is 11.3. The van der Waals surface area contributed by atoms with Gasteiger partial charge in [-0.15, -0.1) is 5.10 Å². The summed E-state index contributed by atoms with van der Waals surface area (Å²) in [5.41, 5.74) is 3.16. The average molecular weight is 479 g/mol. The summed E-state index contributed by atoms with van der Waals surface area (Å²) in [5.74, 6) is 0.222. The number of H-pyrrole nitrogens is 1. The van der Waals surface area contributed by atoms with Gasteiger partial charge in [0.2, 0.25) is 10.0 Å². The second-order valence-corrected chi connectivity index (χ2v) is 10.8. The van der Waals surface area contributed by atoms with Gasteiger partial charge in [-0.25, -0.2) is 22.4 Å². The van der Waals surface area contributed by atoms with Crippen molar-refractivity contribution in [3.8, 4) is 0 Å². The van der Waals surface area contributed by atoms with Crippen LogP contribution in [-0.4, -0.2) is 50.8 Å². The maximum atomic E-state index is 13.1. The zero-order valence-corrected chi connectivity index (χ0v) is 19.7. The summed E-state index contributed by atoms with van der Waals surface area (Å²) in [6.45, 7) is 3.21. The Balaban J connectivity index is 1.41. The zero-order chi connectivity index (χ0) is 23.7. The highest BCUT2D eigenvalue weighted by molar-refractivity contribution is 7.88. The highest BCUT2D eigenvalue weighted by Crippen LogP contribution is 2.27.